The van der Waals surface area contributed by atoms with Crippen molar-refractivity contribution in [2.24, 2.45) is 7.05 Å². The summed E-state index contributed by atoms with van der Waals surface area (Å²) in [5.74, 6) is 0. The van der Waals surface area contributed by atoms with Gasteiger partial charge in [-0.2, -0.15) is 5.10 Å². The van der Waals surface area contributed by atoms with Crippen molar-refractivity contribution in [1.29, 1.82) is 0 Å². The summed E-state index contributed by atoms with van der Waals surface area (Å²) < 4.78 is 1.77. The molecule has 1 aromatic heterocycles. The molecule has 0 radical (unpaired) electrons. The van der Waals surface area contributed by atoms with Crippen LogP contribution in [0.1, 0.15) is 31.5 Å². The lowest BCUT2D eigenvalue weighted by atomic mass is 10.1. The van der Waals surface area contributed by atoms with Crippen LogP contribution in [-0.4, -0.2) is 51.8 Å². The minimum atomic E-state index is 0.700. The van der Waals surface area contributed by atoms with E-state index in [-0.39, 0.29) is 0 Å². The van der Waals surface area contributed by atoms with Gasteiger partial charge in [0.25, 0.3) is 0 Å². The molecule has 2 heterocycles. The van der Waals surface area contributed by atoms with E-state index in [9.17, 15) is 0 Å². The maximum Gasteiger partial charge on any atom is 0.131 e. The highest BCUT2D eigenvalue weighted by Gasteiger charge is 2.22. The van der Waals surface area contributed by atoms with Crippen LogP contribution in [0, 0.1) is 6.92 Å². The van der Waals surface area contributed by atoms with E-state index in [1.807, 2.05) is 14.0 Å². The molecule has 1 aliphatic rings. The molecule has 4 nitrogen and oxygen atoms in total. The fraction of sp³-hybridized carbons (Fsp3) is 0.786. The maximum atomic E-state index is 6.30. The highest BCUT2D eigenvalue weighted by Crippen LogP contribution is 2.21. The van der Waals surface area contributed by atoms with Crippen molar-refractivity contribution in [2.45, 2.75) is 39.8 Å². The molecule has 0 bridgehead atoms. The average molecular weight is 285 g/mol. The molecule has 0 aromatic carbocycles. The van der Waals surface area contributed by atoms with Gasteiger partial charge in [-0.1, -0.05) is 18.5 Å². The SMILES string of the molecule is CCC(C)N1CCN(Cc2c(C)nn(C)c2Cl)CC1. The van der Waals surface area contributed by atoms with Crippen molar-refractivity contribution < 1.29 is 0 Å². The number of aryl methyl sites for hydroxylation is 2. The summed E-state index contributed by atoms with van der Waals surface area (Å²) in [7, 11) is 1.90. The molecule has 1 unspecified atom stereocenters. The zero-order valence-corrected chi connectivity index (χ0v) is 13.2. The van der Waals surface area contributed by atoms with Gasteiger partial charge in [0.05, 0.1) is 5.69 Å². The lowest BCUT2D eigenvalue weighted by Crippen LogP contribution is -2.49. The maximum absolute atomic E-state index is 6.30. The Hall–Kier alpha value is -0.580. The molecule has 0 amide bonds. The molecule has 108 valence electrons. The van der Waals surface area contributed by atoms with Crippen LogP contribution in [0.25, 0.3) is 0 Å². The first kappa shape index (κ1) is 14.8. The van der Waals surface area contributed by atoms with Crippen LogP contribution in [0.3, 0.4) is 0 Å². The third-order valence-corrected chi connectivity index (χ3v) is 4.75. The van der Waals surface area contributed by atoms with Gasteiger partial charge in [0, 0.05) is 51.4 Å². The fourth-order valence-corrected chi connectivity index (χ4v) is 2.93. The van der Waals surface area contributed by atoms with E-state index < -0.39 is 0 Å². The van der Waals surface area contributed by atoms with E-state index in [1.54, 1.807) is 4.68 Å². The summed E-state index contributed by atoms with van der Waals surface area (Å²) in [5.41, 5.74) is 2.23. The number of hydrogen-bond donors (Lipinski definition) is 0. The number of hydrogen-bond acceptors (Lipinski definition) is 3. The first-order valence-electron chi connectivity index (χ1n) is 7.17. The summed E-state index contributed by atoms with van der Waals surface area (Å²) in [5, 5.41) is 5.16. The van der Waals surface area contributed by atoms with Crippen LogP contribution in [0.4, 0.5) is 0 Å². The molecule has 0 N–H and O–H groups in total. The van der Waals surface area contributed by atoms with Gasteiger partial charge in [-0.3, -0.25) is 14.5 Å². The first-order valence-corrected chi connectivity index (χ1v) is 7.55. The highest BCUT2D eigenvalue weighted by molar-refractivity contribution is 6.30. The quantitative estimate of drug-likeness (QED) is 0.848. The Bertz CT molecular complexity index is 421. The van der Waals surface area contributed by atoms with Crippen LogP contribution in [0.2, 0.25) is 5.15 Å². The van der Waals surface area contributed by atoms with Crippen LogP contribution < -0.4 is 0 Å². The molecule has 1 fully saturated rings. The largest absolute Gasteiger partial charge is 0.298 e. The Kier molecular flexibility index (Phi) is 4.87. The van der Waals surface area contributed by atoms with Crippen molar-refractivity contribution in [3.63, 3.8) is 0 Å². The Morgan fingerprint density at radius 3 is 2.37 bits per heavy atom. The molecule has 0 saturated carbocycles. The second-order valence-electron chi connectivity index (χ2n) is 5.55. The zero-order valence-electron chi connectivity index (χ0n) is 12.5. The van der Waals surface area contributed by atoms with Gasteiger partial charge in [0.15, 0.2) is 0 Å². The van der Waals surface area contributed by atoms with Gasteiger partial charge >= 0.3 is 0 Å². The number of aromatic nitrogens is 2. The third kappa shape index (κ3) is 3.30. The summed E-state index contributed by atoms with van der Waals surface area (Å²) >= 11 is 6.30. The summed E-state index contributed by atoms with van der Waals surface area (Å²) in [6.45, 7) is 12.1. The number of nitrogens with zero attached hydrogens (tertiary/aromatic N) is 4. The number of rotatable bonds is 4. The van der Waals surface area contributed by atoms with Crippen LogP contribution in [-0.2, 0) is 13.6 Å². The molecule has 5 heteroatoms. The van der Waals surface area contributed by atoms with Gasteiger partial charge < -0.3 is 0 Å². The number of halogens is 1. The Labute approximate surface area is 121 Å². The predicted octanol–water partition coefficient (Wildman–Crippen LogP) is 2.30. The second-order valence-corrected chi connectivity index (χ2v) is 5.91. The molecular weight excluding hydrogens is 260 g/mol. The monoisotopic (exact) mass is 284 g/mol. The molecule has 1 aromatic rings. The lowest BCUT2D eigenvalue weighted by Gasteiger charge is -2.37. The molecular formula is C14H25ClN4. The van der Waals surface area contributed by atoms with Crippen molar-refractivity contribution in [3.05, 3.63) is 16.4 Å². The molecule has 2 rings (SSSR count). The number of piperazine rings is 1. The predicted molar refractivity (Wildman–Crippen MR) is 79.6 cm³/mol. The fourth-order valence-electron chi connectivity index (χ4n) is 2.70. The van der Waals surface area contributed by atoms with Crippen LogP contribution in [0.15, 0.2) is 0 Å². The second kappa shape index (κ2) is 6.25. The molecule has 1 saturated heterocycles. The van der Waals surface area contributed by atoms with Gasteiger partial charge in [-0.05, 0) is 20.3 Å². The molecule has 0 aliphatic carbocycles. The van der Waals surface area contributed by atoms with Gasteiger partial charge in [-0.25, -0.2) is 0 Å². The first-order chi connectivity index (χ1) is 9.02. The molecule has 19 heavy (non-hydrogen) atoms. The Morgan fingerprint density at radius 1 is 1.26 bits per heavy atom. The minimum absolute atomic E-state index is 0.700. The third-order valence-electron chi connectivity index (χ3n) is 4.27. The summed E-state index contributed by atoms with van der Waals surface area (Å²) in [4.78, 5) is 5.06. The topological polar surface area (TPSA) is 24.3 Å². The zero-order chi connectivity index (χ0) is 14.0. The van der Waals surface area contributed by atoms with Gasteiger partial charge in [0.2, 0.25) is 0 Å². The van der Waals surface area contributed by atoms with E-state index >= 15 is 0 Å². The van der Waals surface area contributed by atoms with E-state index in [4.69, 9.17) is 11.6 Å². The minimum Gasteiger partial charge on any atom is -0.298 e. The summed E-state index contributed by atoms with van der Waals surface area (Å²) in [6, 6.07) is 0.700. The standard InChI is InChI=1S/C14H25ClN4/c1-5-11(2)19-8-6-18(7-9-19)10-13-12(3)16-17(4)14(13)15/h11H,5-10H2,1-4H3. The van der Waals surface area contributed by atoms with Crippen molar-refractivity contribution in [1.82, 2.24) is 19.6 Å². The molecule has 0 spiro atoms. The van der Waals surface area contributed by atoms with Crippen molar-refractivity contribution >= 4 is 11.6 Å². The molecule has 1 aliphatic heterocycles. The Morgan fingerprint density at radius 2 is 1.89 bits per heavy atom. The Balaban J connectivity index is 1.92. The summed E-state index contributed by atoms with van der Waals surface area (Å²) in [6.07, 6.45) is 1.23. The van der Waals surface area contributed by atoms with Crippen molar-refractivity contribution in [3.8, 4) is 0 Å². The van der Waals surface area contributed by atoms with Crippen LogP contribution >= 0.6 is 11.6 Å². The highest BCUT2D eigenvalue weighted by atomic mass is 35.5. The molecule has 1 atom stereocenters. The van der Waals surface area contributed by atoms with Crippen molar-refractivity contribution in [2.75, 3.05) is 26.2 Å². The van der Waals surface area contributed by atoms with Crippen LogP contribution in [0.5, 0.6) is 0 Å². The van der Waals surface area contributed by atoms with E-state index in [0.717, 1.165) is 43.6 Å². The van der Waals surface area contributed by atoms with Gasteiger partial charge in [-0.15, -0.1) is 0 Å². The average Bonchev–Trinajstić information content (AvgIpc) is 2.65. The van der Waals surface area contributed by atoms with E-state index in [0.29, 0.717) is 6.04 Å². The smallest absolute Gasteiger partial charge is 0.131 e. The van der Waals surface area contributed by atoms with E-state index in [2.05, 4.69) is 28.7 Å². The lowest BCUT2D eigenvalue weighted by molar-refractivity contribution is 0.0962. The van der Waals surface area contributed by atoms with Gasteiger partial charge in [0.1, 0.15) is 5.15 Å². The van der Waals surface area contributed by atoms with E-state index in [1.165, 1.54) is 12.0 Å². The normalized spacial score (nSPS) is 19.8.